The lowest BCUT2D eigenvalue weighted by Gasteiger charge is -2.12. The summed E-state index contributed by atoms with van der Waals surface area (Å²) in [6.45, 7) is 3.84. The summed E-state index contributed by atoms with van der Waals surface area (Å²) in [5.74, 6) is 0.455. The summed E-state index contributed by atoms with van der Waals surface area (Å²) in [5.41, 5.74) is 12.4. The third-order valence-corrected chi connectivity index (χ3v) is 5.06. The second-order valence-corrected chi connectivity index (χ2v) is 6.72. The van der Waals surface area contributed by atoms with Crippen LogP contribution in [0.5, 0.6) is 5.75 Å². The van der Waals surface area contributed by atoms with E-state index in [1.54, 1.807) is 13.2 Å². The number of anilines is 2. The van der Waals surface area contributed by atoms with Gasteiger partial charge in [0.05, 0.1) is 23.5 Å². The Balaban J connectivity index is 1.74. The first kappa shape index (κ1) is 17.2. The van der Waals surface area contributed by atoms with Gasteiger partial charge < -0.3 is 15.8 Å². The summed E-state index contributed by atoms with van der Waals surface area (Å²) in [4.78, 5) is 11.8. The van der Waals surface area contributed by atoms with E-state index in [1.807, 2.05) is 48.5 Å². The fourth-order valence-corrected chi connectivity index (χ4v) is 3.54. The molecular formula is C22H17ClN2O2. The van der Waals surface area contributed by atoms with E-state index in [-0.39, 0.29) is 5.91 Å². The van der Waals surface area contributed by atoms with Gasteiger partial charge in [-0.3, -0.25) is 4.79 Å². The number of rotatable bonds is 3. The highest BCUT2D eigenvalue weighted by molar-refractivity contribution is 6.36. The van der Waals surface area contributed by atoms with Gasteiger partial charge in [-0.15, -0.1) is 0 Å². The summed E-state index contributed by atoms with van der Waals surface area (Å²) in [5, 5.41) is 3.33. The second kappa shape index (κ2) is 6.49. The van der Waals surface area contributed by atoms with Crippen LogP contribution in [0, 0.1) is 0 Å². The lowest BCUT2D eigenvalue weighted by Crippen LogP contribution is -2.02. The van der Waals surface area contributed by atoms with Crippen molar-refractivity contribution < 1.29 is 9.53 Å². The van der Waals surface area contributed by atoms with Gasteiger partial charge in [-0.05, 0) is 29.3 Å². The molecular weight excluding hydrogens is 360 g/mol. The topological polar surface area (TPSA) is 64.3 Å². The number of ether oxygens (including phenoxy) is 1. The van der Waals surface area contributed by atoms with Gasteiger partial charge in [0.2, 0.25) is 0 Å². The van der Waals surface area contributed by atoms with Gasteiger partial charge in [0.25, 0.3) is 5.91 Å². The Labute approximate surface area is 162 Å². The van der Waals surface area contributed by atoms with E-state index in [0.29, 0.717) is 27.7 Å². The maximum absolute atomic E-state index is 11.8. The van der Waals surface area contributed by atoms with Gasteiger partial charge >= 0.3 is 0 Å². The smallest absolute Gasteiger partial charge is 0.255 e. The number of nitrogens with one attached hydrogen (secondary N) is 1. The zero-order valence-corrected chi connectivity index (χ0v) is 15.4. The van der Waals surface area contributed by atoms with E-state index in [4.69, 9.17) is 22.1 Å². The molecule has 1 aliphatic heterocycles. The van der Waals surface area contributed by atoms with E-state index < -0.39 is 0 Å². The van der Waals surface area contributed by atoms with Crippen LogP contribution >= 0.6 is 11.6 Å². The van der Waals surface area contributed by atoms with Crippen LogP contribution in [0.15, 0.2) is 61.2 Å². The lowest BCUT2D eigenvalue weighted by molar-refractivity contribution is -0.110. The number of amides is 1. The molecule has 5 heteroatoms. The molecule has 0 aliphatic carbocycles. The molecule has 0 atom stereocenters. The average molecular weight is 377 g/mol. The predicted molar refractivity (Wildman–Crippen MR) is 111 cm³/mol. The molecule has 4 rings (SSSR count). The maximum atomic E-state index is 11.8. The van der Waals surface area contributed by atoms with Crippen LogP contribution in [0.25, 0.3) is 27.8 Å². The number of para-hydroxylation sites is 1. The SMILES string of the molecule is C=C1C(=O)Nc2cc(Cl)c(-c3ccc(-c4cccc(OC)c4N)cc3)cc21. The average Bonchev–Trinajstić information content (AvgIpc) is 2.95. The predicted octanol–water partition coefficient (Wildman–Crippen LogP) is 5.23. The first-order valence-corrected chi connectivity index (χ1v) is 8.75. The van der Waals surface area contributed by atoms with Crippen molar-refractivity contribution in [1.82, 2.24) is 0 Å². The molecule has 1 amide bonds. The number of hydrogen-bond acceptors (Lipinski definition) is 3. The quantitative estimate of drug-likeness (QED) is 0.486. The molecule has 3 aromatic carbocycles. The van der Waals surface area contributed by atoms with E-state index in [2.05, 4.69) is 11.9 Å². The fraction of sp³-hybridized carbons (Fsp3) is 0.0455. The van der Waals surface area contributed by atoms with E-state index in [0.717, 1.165) is 27.8 Å². The molecule has 0 aromatic heterocycles. The summed E-state index contributed by atoms with van der Waals surface area (Å²) < 4.78 is 5.29. The number of carbonyl (C=O) groups is 1. The van der Waals surface area contributed by atoms with Gasteiger partial charge in [-0.1, -0.05) is 54.6 Å². The van der Waals surface area contributed by atoms with E-state index in [1.165, 1.54) is 0 Å². The van der Waals surface area contributed by atoms with Crippen LogP contribution in [0.3, 0.4) is 0 Å². The number of methoxy groups -OCH3 is 1. The molecule has 1 heterocycles. The van der Waals surface area contributed by atoms with Crippen molar-refractivity contribution in [3.05, 3.63) is 71.8 Å². The van der Waals surface area contributed by atoms with Crippen molar-refractivity contribution in [1.29, 1.82) is 0 Å². The first-order valence-electron chi connectivity index (χ1n) is 8.37. The van der Waals surface area contributed by atoms with Crippen molar-refractivity contribution in [2.75, 3.05) is 18.2 Å². The molecule has 134 valence electrons. The Kier molecular flexibility index (Phi) is 4.13. The van der Waals surface area contributed by atoms with Gasteiger partial charge in [0, 0.05) is 22.3 Å². The summed E-state index contributed by atoms with van der Waals surface area (Å²) in [7, 11) is 1.60. The molecule has 0 unspecified atom stereocenters. The maximum Gasteiger partial charge on any atom is 0.255 e. The molecule has 4 nitrogen and oxygen atoms in total. The number of fused-ring (bicyclic) bond motifs is 1. The molecule has 0 saturated carbocycles. The highest BCUT2D eigenvalue weighted by Gasteiger charge is 2.24. The molecule has 1 aliphatic rings. The minimum atomic E-state index is -0.193. The minimum absolute atomic E-state index is 0.193. The largest absolute Gasteiger partial charge is 0.495 e. The van der Waals surface area contributed by atoms with Crippen molar-refractivity contribution in [3.8, 4) is 28.0 Å². The van der Waals surface area contributed by atoms with Crippen LogP contribution < -0.4 is 15.8 Å². The van der Waals surface area contributed by atoms with Crippen molar-refractivity contribution in [3.63, 3.8) is 0 Å². The van der Waals surface area contributed by atoms with Crippen LogP contribution in [0.1, 0.15) is 5.56 Å². The van der Waals surface area contributed by atoms with Crippen molar-refractivity contribution in [2.45, 2.75) is 0 Å². The Morgan fingerprint density at radius 1 is 1.00 bits per heavy atom. The summed E-state index contributed by atoms with van der Waals surface area (Å²) >= 11 is 6.44. The molecule has 0 saturated heterocycles. The number of nitrogens with two attached hydrogens (primary N) is 1. The number of halogens is 1. The Hall–Kier alpha value is -3.24. The second-order valence-electron chi connectivity index (χ2n) is 6.31. The molecule has 27 heavy (non-hydrogen) atoms. The van der Waals surface area contributed by atoms with Crippen LogP contribution in [-0.2, 0) is 4.79 Å². The number of hydrogen-bond donors (Lipinski definition) is 2. The molecule has 0 radical (unpaired) electrons. The van der Waals surface area contributed by atoms with E-state index in [9.17, 15) is 4.79 Å². The zero-order valence-electron chi connectivity index (χ0n) is 14.7. The highest BCUT2D eigenvalue weighted by atomic mass is 35.5. The summed E-state index contributed by atoms with van der Waals surface area (Å²) in [6, 6.07) is 17.3. The third kappa shape index (κ3) is 2.84. The van der Waals surface area contributed by atoms with Crippen molar-refractivity contribution >= 4 is 34.5 Å². The number of benzene rings is 3. The third-order valence-electron chi connectivity index (χ3n) is 4.75. The van der Waals surface area contributed by atoms with Crippen LogP contribution in [0.2, 0.25) is 5.02 Å². The first-order chi connectivity index (χ1) is 13.0. The fourth-order valence-electron chi connectivity index (χ4n) is 3.27. The molecule has 3 aromatic rings. The van der Waals surface area contributed by atoms with Crippen molar-refractivity contribution in [2.24, 2.45) is 0 Å². The highest BCUT2D eigenvalue weighted by Crippen LogP contribution is 2.40. The molecule has 0 spiro atoms. The number of nitrogen functional groups attached to an aromatic ring is 1. The Bertz CT molecular complexity index is 1090. The Morgan fingerprint density at radius 3 is 2.33 bits per heavy atom. The molecule has 0 bridgehead atoms. The van der Waals surface area contributed by atoms with Gasteiger partial charge in [0.1, 0.15) is 5.75 Å². The summed E-state index contributed by atoms with van der Waals surface area (Å²) in [6.07, 6.45) is 0. The van der Waals surface area contributed by atoms with Gasteiger partial charge in [0.15, 0.2) is 0 Å². The molecule has 3 N–H and O–H groups in total. The normalized spacial score (nSPS) is 12.7. The van der Waals surface area contributed by atoms with E-state index >= 15 is 0 Å². The monoisotopic (exact) mass is 376 g/mol. The van der Waals surface area contributed by atoms with Gasteiger partial charge in [-0.2, -0.15) is 0 Å². The minimum Gasteiger partial charge on any atom is -0.495 e. The Morgan fingerprint density at radius 2 is 1.67 bits per heavy atom. The van der Waals surface area contributed by atoms with Gasteiger partial charge in [-0.25, -0.2) is 0 Å². The zero-order chi connectivity index (χ0) is 19.1. The standard InChI is InChI=1S/C22H17ClN2O2/c1-12-16-10-17(18(23)11-19(16)25-22(12)26)14-8-6-13(7-9-14)15-4-3-5-20(27-2)21(15)24/h3-11H,1,24H2,2H3,(H,25,26). The molecule has 0 fully saturated rings. The van der Waals surface area contributed by atoms with Crippen LogP contribution in [-0.4, -0.2) is 13.0 Å². The lowest BCUT2D eigenvalue weighted by atomic mass is 9.97. The van der Waals surface area contributed by atoms with Crippen LogP contribution in [0.4, 0.5) is 11.4 Å². The number of carbonyl (C=O) groups excluding carboxylic acids is 1.